The Labute approximate surface area is 123 Å². The second-order valence-electron chi connectivity index (χ2n) is 4.97. The summed E-state index contributed by atoms with van der Waals surface area (Å²) < 4.78 is 33.1. The van der Waals surface area contributed by atoms with Crippen LogP contribution in [0.5, 0.6) is 5.75 Å². The molecule has 2 aromatic rings. The molecule has 1 aliphatic rings. The van der Waals surface area contributed by atoms with Crippen molar-refractivity contribution in [2.24, 2.45) is 5.14 Å². The van der Waals surface area contributed by atoms with Crippen LogP contribution in [-0.2, 0) is 23.0 Å². The van der Waals surface area contributed by atoms with E-state index in [1.165, 1.54) is 6.07 Å². The number of nitrogens with one attached hydrogen (secondary N) is 1. The largest absolute Gasteiger partial charge is 0.492 e. The molecule has 0 bridgehead atoms. The molecule has 0 radical (unpaired) electrons. The van der Waals surface area contributed by atoms with Crippen LogP contribution in [0.15, 0.2) is 45.9 Å². The lowest BCUT2D eigenvalue weighted by Crippen LogP contribution is -2.38. The van der Waals surface area contributed by atoms with E-state index in [0.717, 1.165) is 17.7 Å². The van der Waals surface area contributed by atoms with Crippen LogP contribution >= 0.6 is 0 Å². The number of benzene rings is 1. The molecule has 0 fully saturated rings. The average molecular weight is 308 g/mol. The van der Waals surface area contributed by atoms with Crippen molar-refractivity contribution in [1.29, 1.82) is 0 Å². The molecule has 0 saturated carbocycles. The predicted molar refractivity (Wildman–Crippen MR) is 76.3 cm³/mol. The molecular weight excluding hydrogens is 292 g/mol. The minimum Gasteiger partial charge on any atom is -0.492 e. The number of rotatable bonds is 4. The molecule has 1 unspecified atom stereocenters. The van der Waals surface area contributed by atoms with Gasteiger partial charge in [0.1, 0.15) is 18.1 Å². The quantitative estimate of drug-likeness (QED) is 0.879. The fraction of sp³-hybridized carbons (Fsp3) is 0.286. The summed E-state index contributed by atoms with van der Waals surface area (Å²) in [5.74, 6) is 1.45. The molecule has 1 aromatic heterocycles. The maximum absolute atomic E-state index is 11.1. The van der Waals surface area contributed by atoms with Crippen molar-refractivity contribution in [3.8, 4) is 5.75 Å². The molecule has 2 heterocycles. The summed E-state index contributed by atoms with van der Waals surface area (Å²) in [6.45, 7) is 0.992. The highest BCUT2D eigenvalue weighted by molar-refractivity contribution is 7.89. The van der Waals surface area contributed by atoms with Crippen LogP contribution in [0.25, 0.3) is 0 Å². The molecule has 1 atom stereocenters. The van der Waals surface area contributed by atoms with E-state index < -0.39 is 10.0 Å². The molecule has 3 rings (SSSR count). The Balaban J connectivity index is 1.61. The van der Waals surface area contributed by atoms with Gasteiger partial charge < -0.3 is 14.5 Å². The summed E-state index contributed by atoms with van der Waals surface area (Å²) in [5.41, 5.74) is 1.16. The molecule has 21 heavy (non-hydrogen) atoms. The van der Waals surface area contributed by atoms with Gasteiger partial charge in [-0.05, 0) is 30.2 Å². The first-order valence-electron chi connectivity index (χ1n) is 6.58. The van der Waals surface area contributed by atoms with Crippen LogP contribution in [0.2, 0.25) is 0 Å². The maximum atomic E-state index is 11.1. The Morgan fingerprint density at radius 1 is 1.24 bits per heavy atom. The van der Waals surface area contributed by atoms with E-state index in [-0.39, 0.29) is 11.1 Å². The number of primary sulfonamides is 1. The van der Waals surface area contributed by atoms with E-state index in [1.807, 2.05) is 24.3 Å². The summed E-state index contributed by atoms with van der Waals surface area (Å²) in [5, 5.41) is 8.07. The van der Waals surface area contributed by atoms with Gasteiger partial charge in [-0.3, -0.25) is 0 Å². The molecule has 0 amide bonds. The van der Waals surface area contributed by atoms with Crippen LogP contribution in [0, 0.1) is 0 Å². The van der Waals surface area contributed by atoms with Crippen LogP contribution in [-0.4, -0.2) is 21.1 Å². The third-order valence-corrected chi connectivity index (χ3v) is 4.14. The summed E-state index contributed by atoms with van der Waals surface area (Å²) in [6.07, 6.45) is 0.860. The molecule has 1 aromatic carbocycles. The van der Waals surface area contributed by atoms with E-state index >= 15 is 0 Å². The number of para-hydroxylation sites is 1. The van der Waals surface area contributed by atoms with Crippen LogP contribution in [0.1, 0.15) is 11.3 Å². The maximum Gasteiger partial charge on any atom is 0.271 e. The van der Waals surface area contributed by atoms with E-state index in [0.29, 0.717) is 18.9 Å². The van der Waals surface area contributed by atoms with E-state index in [4.69, 9.17) is 14.3 Å². The van der Waals surface area contributed by atoms with Crippen LogP contribution in [0.3, 0.4) is 0 Å². The average Bonchev–Trinajstić information content (AvgIpc) is 2.94. The monoisotopic (exact) mass is 308 g/mol. The number of hydrogen-bond donors (Lipinski definition) is 2. The first-order valence-corrected chi connectivity index (χ1v) is 8.12. The van der Waals surface area contributed by atoms with Crippen LogP contribution in [0.4, 0.5) is 0 Å². The molecule has 7 heteroatoms. The van der Waals surface area contributed by atoms with Crippen molar-refractivity contribution in [1.82, 2.24) is 5.32 Å². The Morgan fingerprint density at radius 2 is 2.05 bits per heavy atom. The van der Waals surface area contributed by atoms with Crippen molar-refractivity contribution in [2.45, 2.75) is 24.1 Å². The second kappa shape index (κ2) is 5.51. The van der Waals surface area contributed by atoms with Crippen molar-refractivity contribution in [3.05, 3.63) is 47.7 Å². The summed E-state index contributed by atoms with van der Waals surface area (Å²) in [7, 11) is -3.78. The first-order chi connectivity index (χ1) is 10.0. The van der Waals surface area contributed by atoms with Gasteiger partial charge in [-0.1, -0.05) is 18.2 Å². The Bertz CT molecular complexity index is 739. The standard InChI is InChI=1S/C14H16N2O4S/c15-21(17,18)14-6-5-12(20-14)8-16-11-7-10-3-1-2-4-13(10)19-9-11/h1-6,11,16H,7-9H2,(H2,15,17,18). The van der Waals surface area contributed by atoms with E-state index in [9.17, 15) is 8.42 Å². The van der Waals surface area contributed by atoms with Crippen molar-refractivity contribution < 1.29 is 17.6 Å². The van der Waals surface area contributed by atoms with Gasteiger partial charge in [0, 0.05) is 6.04 Å². The van der Waals surface area contributed by atoms with Crippen molar-refractivity contribution in [2.75, 3.05) is 6.61 Å². The zero-order valence-electron chi connectivity index (χ0n) is 11.3. The molecule has 112 valence electrons. The van der Waals surface area contributed by atoms with Gasteiger partial charge >= 0.3 is 0 Å². The van der Waals surface area contributed by atoms with E-state index in [1.54, 1.807) is 6.07 Å². The predicted octanol–water partition coefficient (Wildman–Crippen LogP) is 1.02. The van der Waals surface area contributed by atoms with Gasteiger partial charge in [0.15, 0.2) is 0 Å². The lowest BCUT2D eigenvalue weighted by molar-refractivity contribution is 0.234. The Hall–Kier alpha value is -1.83. The number of furan rings is 1. The van der Waals surface area contributed by atoms with Crippen molar-refractivity contribution >= 4 is 10.0 Å². The highest BCUT2D eigenvalue weighted by Gasteiger charge is 2.20. The highest BCUT2D eigenvalue weighted by atomic mass is 32.2. The molecule has 1 aliphatic heterocycles. The second-order valence-corrected chi connectivity index (χ2v) is 6.46. The Kier molecular flexibility index (Phi) is 3.71. The number of nitrogens with two attached hydrogens (primary N) is 1. The number of ether oxygens (including phenoxy) is 1. The number of hydrogen-bond acceptors (Lipinski definition) is 5. The number of fused-ring (bicyclic) bond motifs is 1. The summed E-state index contributed by atoms with van der Waals surface area (Å²) in [4.78, 5) is 0. The normalized spacial score (nSPS) is 18.0. The smallest absolute Gasteiger partial charge is 0.271 e. The third-order valence-electron chi connectivity index (χ3n) is 3.36. The lowest BCUT2D eigenvalue weighted by Gasteiger charge is -2.25. The number of sulfonamides is 1. The molecule has 0 saturated heterocycles. The van der Waals surface area contributed by atoms with Gasteiger partial charge in [0.05, 0.1) is 6.54 Å². The molecular formula is C14H16N2O4S. The zero-order chi connectivity index (χ0) is 14.9. The molecule has 6 nitrogen and oxygen atoms in total. The topological polar surface area (TPSA) is 94.6 Å². The molecule has 0 spiro atoms. The molecule has 3 N–H and O–H groups in total. The van der Waals surface area contributed by atoms with Gasteiger partial charge in [0.25, 0.3) is 10.0 Å². The van der Waals surface area contributed by atoms with Crippen molar-refractivity contribution in [3.63, 3.8) is 0 Å². The third kappa shape index (κ3) is 3.26. The minimum atomic E-state index is -3.78. The lowest BCUT2D eigenvalue weighted by atomic mass is 10.0. The SMILES string of the molecule is NS(=O)(=O)c1ccc(CNC2COc3ccccc3C2)o1. The zero-order valence-corrected chi connectivity index (χ0v) is 12.1. The summed E-state index contributed by atoms with van der Waals surface area (Å²) >= 11 is 0. The van der Waals surface area contributed by atoms with Gasteiger partial charge in [0.2, 0.25) is 5.09 Å². The highest BCUT2D eigenvalue weighted by Crippen LogP contribution is 2.24. The fourth-order valence-corrected chi connectivity index (χ4v) is 2.79. The minimum absolute atomic E-state index is 0.155. The van der Waals surface area contributed by atoms with E-state index in [2.05, 4.69) is 5.32 Å². The van der Waals surface area contributed by atoms with Gasteiger partial charge in [-0.25, -0.2) is 13.6 Å². The molecule has 0 aliphatic carbocycles. The Morgan fingerprint density at radius 3 is 2.81 bits per heavy atom. The van der Waals surface area contributed by atoms with Crippen LogP contribution < -0.4 is 15.2 Å². The van der Waals surface area contributed by atoms with Gasteiger partial charge in [-0.2, -0.15) is 0 Å². The summed E-state index contributed by atoms with van der Waals surface area (Å²) in [6, 6.07) is 11.0. The first kappa shape index (κ1) is 14.1. The van der Waals surface area contributed by atoms with Gasteiger partial charge in [-0.15, -0.1) is 0 Å². The fourth-order valence-electron chi connectivity index (χ4n) is 2.31.